The van der Waals surface area contributed by atoms with Crippen molar-refractivity contribution in [2.75, 3.05) is 0 Å². The van der Waals surface area contributed by atoms with E-state index in [9.17, 15) is 8.42 Å². The lowest BCUT2D eigenvalue weighted by atomic mass is 10.1. The van der Waals surface area contributed by atoms with Crippen molar-refractivity contribution in [2.24, 2.45) is 0 Å². The van der Waals surface area contributed by atoms with Crippen LogP contribution in [-0.4, -0.2) is 13.0 Å². The summed E-state index contributed by atoms with van der Waals surface area (Å²) in [5.41, 5.74) is 0.421. The number of nitrogens with zero attached hydrogens (tertiary/aromatic N) is 2. The summed E-state index contributed by atoms with van der Waals surface area (Å²) < 4.78 is 30.1. The summed E-state index contributed by atoms with van der Waals surface area (Å²) in [5, 5.41) is 17.0. The summed E-state index contributed by atoms with van der Waals surface area (Å²) >= 11 is 0. The van der Waals surface area contributed by atoms with Crippen LogP contribution in [0.1, 0.15) is 5.56 Å². The average molecular weight is 234 g/mol. The number of nitriles is 2. The number of rotatable bonds is 2. The van der Waals surface area contributed by atoms with E-state index in [2.05, 4.69) is 0 Å². The Morgan fingerprint density at radius 1 is 1.19 bits per heavy atom. The average Bonchev–Trinajstić information content (AvgIpc) is 2.25. The molecule has 6 heteroatoms. The summed E-state index contributed by atoms with van der Waals surface area (Å²) in [6, 6.07) is 8.50. The molecule has 0 aliphatic rings. The first kappa shape index (κ1) is 11.9. The van der Waals surface area contributed by atoms with E-state index in [0.717, 1.165) is 0 Å². The van der Waals surface area contributed by atoms with Crippen LogP contribution in [-0.2, 0) is 10.1 Å². The second kappa shape index (κ2) is 4.58. The third-order valence-electron chi connectivity index (χ3n) is 1.73. The van der Waals surface area contributed by atoms with Crippen LogP contribution in [0.3, 0.4) is 0 Å². The van der Waals surface area contributed by atoms with Gasteiger partial charge < -0.3 is 0 Å². The van der Waals surface area contributed by atoms with Gasteiger partial charge in [0, 0.05) is 0 Å². The molecule has 1 N–H and O–H groups in total. The first-order chi connectivity index (χ1) is 7.47. The van der Waals surface area contributed by atoms with E-state index in [4.69, 9.17) is 15.1 Å². The third-order valence-corrected chi connectivity index (χ3v) is 2.60. The van der Waals surface area contributed by atoms with Gasteiger partial charge in [-0.3, -0.25) is 4.55 Å². The van der Waals surface area contributed by atoms with E-state index in [1.165, 1.54) is 30.3 Å². The fourth-order valence-electron chi connectivity index (χ4n) is 0.992. The van der Waals surface area contributed by atoms with Crippen molar-refractivity contribution in [3.63, 3.8) is 0 Å². The number of allylic oxidation sites excluding steroid dienone is 1. The van der Waals surface area contributed by atoms with Gasteiger partial charge in [-0.2, -0.15) is 18.9 Å². The Labute approximate surface area is 92.6 Å². The lowest BCUT2D eigenvalue weighted by Gasteiger charge is -1.97. The molecule has 0 heterocycles. The SMILES string of the molecule is N#CC(C#N)=Cc1ccc(S(=O)(=O)O)cc1. The molecule has 1 aromatic rings. The van der Waals surface area contributed by atoms with E-state index in [0.29, 0.717) is 5.56 Å². The van der Waals surface area contributed by atoms with Gasteiger partial charge in [0.25, 0.3) is 10.1 Å². The van der Waals surface area contributed by atoms with Crippen LogP contribution in [0.4, 0.5) is 0 Å². The maximum absolute atomic E-state index is 10.7. The maximum atomic E-state index is 10.7. The van der Waals surface area contributed by atoms with E-state index in [-0.39, 0.29) is 10.5 Å². The van der Waals surface area contributed by atoms with Gasteiger partial charge >= 0.3 is 0 Å². The molecule has 0 atom stereocenters. The zero-order valence-electron chi connectivity index (χ0n) is 7.95. The third kappa shape index (κ3) is 2.92. The van der Waals surface area contributed by atoms with Crippen LogP contribution in [0.5, 0.6) is 0 Å². The summed E-state index contributed by atoms with van der Waals surface area (Å²) in [4.78, 5) is -0.236. The fraction of sp³-hybridized carbons (Fsp3) is 0. The van der Waals surface area contributed by atoms with Gasteiger partial charge in [-0.25, -0.2) is 0 Å². The van der Waals surface area contributed by atoms with Crippen molar-refractivity contribution in [3.8, 4) is 12.1 Å². The van der Waals surface area contributed by atoms with Gasteiger partial charge in [-0.05, 0) is 23.8 Å². The molecule has 0 aliphatic heterocycles. The smallest absolute Gasteiger partial charge is 0.282 e. The summed E-state index contributed by atoms with van der Waals surface area (Å²) in [6.07, 6.45) is 1.31. The van der Waals surface area contributed by atoms with Gasteiger partial charge in [0.1, 0.15) is 17.7 Å². The van der Waals surface area contributed by atoms with Crippen molar-refractivity contribution in [2.45, 2.75) is 4.90 Å². The minimum absolute atomic E-state index is 0.0837. The molecule has 0 aliphatic carbocycles. The Bertz CT molecular complexity index is 585. The second-order valence-electron chi connectivity index (χ2n) is 2.83. The van der Waals surface area contributed by atoms with Gasteiger partial charge in [0.15, 0.2) is 0 Å². The molecule has 80 valence electrons. The molecule has 0 bridgehead atoms. The van der Waals surface area contributed by atoms with Crippen LogP contribution >= 0.6 is 0 Å². The quantitative estimate of drug-likeness (QED) is 0.614. The van der Waals surface area contributed by atoms with E-state index in [1.807, 2.05) is 0 Å². The molecular weight excluding hydrogens is 228 g/mol. The molecule has 0 unspecified atom stereocenters. The normalized spacial score (nSPS) is 9.94. The van der Waals surface area contributed by atoms with Crippen molar-refractivity contribution >= 4 is 16.2 Å². The highest BCUT2D eigenvalue weighted by molar-refractivity contribution is 7.85. The molecule has 0 spiro atoms. The van der Waals surface area contributed by atoms with Crippen LogP contribution in [0.2, 0.25) is 0 Å². The predicted octanol–water partition coefficient (Wildman–Crippen LogP) is 1.36. The van der Waals surface area contributed by atoms with Crippen molar-refractivity contribution in [3.05, 3.63) is 35.4 Å². The van der Waals surface area contributed by atoms with Gasteiger partial charge in [-0.15, -0.1) is 0 Å². The molecule has 16 heavy (non-hydrogen) atoms. The van der Waals surface area contributed by atoms with Crippen LogP contribution in [0.25, 0.3) is 6.08 Å². The summed E-state index contributed by atoms with van der Waals surface area (Å²) in [5.74, 6) is 0. The first-order valence-electron chi connectivity index (χ1n) is 4.07. The molecular formula is C10H6N2O3S. The standard InChI is InChI=1S/C10H6N2O3S/c11-6-9(7-12)5-8-1-3-10(4-2-8)16(13,14)15/h1-5H,(H,13,14,15). The Balaban J connectivity index is 3.12. The molecule has 0 fully saturated rings. The zero-order chi connectivity index (χ0) is 12.2. The maximum Gasteiger partial charge on any atom is 0.294 e. The summed E-state index contributed by atoms with van der Waals surface area (Å²) in [7, 11) is -4.21. The lowest BCUT2D eigenvalue weighted by molar-refractivity contribution is 0.483. The largest absolute Gasteiger partial charge is 0.294 e. The highest BCUT2D eigenvalue weighted by atomic mass is 32.2. The first-order valence-corrected chi connectivity index (χ1v) is 5.51. The minimum Gasteiger partial charge on any atom is -0.282 e. The highest BCUT2D eigenvalue weighted by Gasteiger charge is 2.07. The Kier molecular flexibility index (Phi) is 3.41. The number of hydrogen-bond acceptors (Lipinski definition) is 4. The lowest BCUT2D eigenvalue weighted by Crippen LogP contribution is -1.97. The topological polar surface area (TPSA) is 102 Å². The monoisotopic (exact) mass is 234 g/mol. The highest BCUT2D eigenvalue weighted by Crippen LogP contribution is 2.12. The van der Waals surface area contributed by atoms with Gasteiger partial charge in [0.05, 0.1) is 4.90 Å². The number of hydrogen-bond donors (Lipinski definition) is 1. The Morgan fingerprint density at radius 2 is 1.69 bits per heavy atom. The Hall–Kier alpha value is -2.15. The number of benzene rings is 1. The summed E-state index contributed by atoms with van der Waals surface area (Å²) in [6.45, 7) is 0. The predicted molar refractivity (Wildman–Crippen MR) is 55.5 cm³/mol. The van der Waals surface area contributed by atoms with Crippen molar-refractivity contribution in [1.82, 2.24) is 0 Å². The van der Waals surface area contributed by atoms with E-state index >= 15 is 0 Å². The molecule has 0 amide bonds. The molecule has 0 saturated heterocycles. The van der Waals surface area contributed by atoms with Crippen molar-refractivity contribution < 1.29 is 13.0 Å². The molecule has 5 nitrogen and oxygen atoms in total. The molecule has 1 aromatic carbocycles. The fourth-order valence-corrected chi connectivity index (χ4v) is 1.47. The molecule has 1 rings (SSSR count). The van der Waals surface area contributed by atoms with E-state index < -0.39 is 10.1 Å². The van der Waals surface area contributed by atoms with Crippen LogP contribution in [0, 0.1) is 22.7 Å². The van der Waals surface area contributed by atoms with Crippen LogP contribution < -0.4 is 0 Å². The van der Waals surface area contributed by atoms with E-state index in [1.54, 1.807) is 12.1 Å². The molecule has 0 saturated carbocycles. The second-order valence-corrected chi connectivity index (χ2v) is 4.25. The van der Waals surface area contributed by atoms with Gasteiger partial charge in [-0.1, -0.05) is 12.1 Å². The molecule has 0 radical (unpaired) electrons. The van der Waals surface area contributed by atoms with Crippen LogP contribution in [0.15, 0.2) is 34.7 Å². The Morgan fingerprint density at radius 3 is 2.06 bits per heavy atom. The minimum atomic E-state index is -4.21. The zero-order valence-corrected chi connectivity index (χ0v) is 8.77. The molecule has 0 aromatic heterocycles. The van der Waals surface area contributed by atoms with Crippen molar-refractivity contribution in [1.29, 1.82) is 10.5 Å². The van der Waals surface area contributed by atoms with Gasteiger partial charge in [0.2, 0.25) is 0 Å².